The van der Waals surface area contributed by atoms with Gasteiger partial charge in [-0.15, -0.1) is 0 Å². The summed E-state index contributed by atoms with van der Waals surface area (Å²) >= 11 is 6.39. The molecule has 0 unspecified atom stereocenters. The monoisotopic (exact) mass is 301 g/mol. The molecule has 1 aliphatic rings. The quantitative estimate of drug-likeness (QED) is 0.740. The molecule has 0 amide bonds. The predicted molar refractivity (Wildman–Crippen MR) is 88.5 cm³/mol. The lowest BCUT2D eigenvalue weighted by molar-refractivity contribution is 0.288. The van der Waals surface area contributed by atoms with Crippen molar-refractivity contribution >= 4 is 17.3 Å². The summed E-state index contributed by atoms with van der Waals surface area (Å²) in [6, 6.07) is 8.44. The fraction of sp³-hybridized carbons (Fsp3) is 0.333. The minimum atomic E-state index is 0.581. The molecular weight excluding hydrogens is 282 g/mol. The fourth-order valence-electron chi connectivity index (χ4n) is 2.90. The summed E-state index contributed by atoms with van der Waals surface area (Å²) < 4.78 is 5.97. The fourth-order valence-corrected chi connectivity index (χ4v) is 3.07. The molecule has 0 atom stereocenters. The van der Waals surface area contributed by atoms with Gasteiger partial charge in [-0.25, -0.2) is 0 Å². The van der Waals surface area contributed by atoms with Crippen molar-refractivity contribution in [3.05, 3.63) is 57.1 Å². The molecule has 0 aliphatic carbocycles. The van der Waals surface area contributed by atoms with Gasteiger partial charge < -0.3 is 9.64 Å². The molecule has 0 radical (unpaired) electrons. The Balaban J connectivity index is 2.02. The summed E-state index contributed by atoms with van der Waals surface area (Å²) in [4.78, 5) is 2.27. The summed E-state index contributed by atoms with van der Waals surface area (Å²) in [6.45, 7) is 9.82. The van der Waals surface area contributed by atoms with E-state index >= 15 is 0 Å². The van der Waals surface area contributed by atoms with E-state index in [4.69, 9.17) is 16.3 Å². The van der Waals surface area contributed by atoms with E-state index in [0.29, 0.717) is 6.73 Å². The van der Waals surface area contributed by atoms with Crippen molar-refractivity contribution in [3.63, 3.8) is 0 Å². The number of anilines is 1. The van der Waals surface area contributed by atoms with Gasteiger partial charge in [-0.1, -0.05) is 23.7 Å². The Kier molecular flexibility index (Phi) is 3.58. The van der Waals surface area contributed by atoms with Gasteiger partial charge in [0.2, 0.25) is 0 Å². The Morgan fingerprint density at radius 3 is 2.57 bits per heavy atom. The van der Waals surface area contributed by atoms with Gasteiger partial charge >= 0.3 is 0 Å². The summed E-state index contributed by atoms with van der Waals surface area (Å²) in [5.41, 5.74) is 7.24. The average molecular weight is 302 g/mol. The van der Waals surface area contributed by atoms with E-state index in [2.05, 4.69) is 43.9 Å². The van der Waals surface area contributed by atoms with E-state index in [1.54, 1.807) is 0 Å². The van der Waals surface area contributed by atoms with Crippen LogP contribution in [0.2, 0.25) is 5.02 Å². The molecule has 1 heterocycles. The molecule has 110 valence electrons. The number of aryl methyl sites for hydroxylation is 2. The number of nitrogens with zero attached hydrogens (tertiary/aromatic N) is 1. The van der Waals surface area contributed by atoms with Crippen LogP contribution in [0.4, 0.5) is 5.69 Å². The zero-order valence-corrected chi connectivity index (χ0v) is 13.7. The lowest BCUT2D eigenvalue weighted by Gasteiger charge is -2.33. The first kappa shape index (κ1) is 14.3. The van der Waals surface area contributed by atoms with Crippen LogP contribution >= 0.6 is 11.6 Å². The van der Waals surface area contributed by atoms with Crippen LogP contribution in [0.25, 0.3) is 0 Å². The van der Waals surface area contributed by atoms with Gasteiger partial charge in [0.25, 0.3) is 0 Å². The minimum Gasteiger partial charge on any atom is -0.473 e. The van der Waals surface area contributed by atoms with Gasteiger partial charge in [-0.3, -0.25) is 0 Å². The second-order valence-corrected chi connectivity index (χ2v) is 6.18. The van der Waals surface area contributed by atoms with Crippen molar-refractivity contribution < 1.29 is 4.74 Å². The second kappa shape index (κ2) is 5.27. The van der Waals surface area contributed by atoms with Gasteiger partial charge in [-0.05, 0) is 62.1 Å². The number of ether oxygens (including phenoxy) is 1. The molecule has 2 aromatic carbocycles. The molecule has 3 rings (SSSR count). The molecule has 0 bridgehead atoms. The highest BCUT2D eigenvalue weighted by Crippen LogP contribution is 2.37. The third kappa shape index (κ3) is 2.38. The highest BCUT2D eigenvalue weighted by Gasteiger charge is 2.22. The van der Waals surface area contributed by atoms with Crippen LogP contribution in [0.5, 0.6) is 5.75 Å². The molecule has 2 nitrogen and oxygen atoms in total. The van der Waals surface area contributed by atoms with Crippen LogP contribution in [0, 0.1) is 27.7 Å². The molecule has 3 heteroatoms. The molecule has 0 fully saturated rings. The maximum absolute atomic E-state index is 6.39. The summed E-state index contributed by atoms with van der Waals surface area (Å²) in [5, 5.41) is 0.847. The Bertz CT molecular complexity index is 709. The number of rotatable bonds is 1. The van der Waals surface area contributed by atoms with Gasteiger partial charge in [0.1, 0.15) is 5.75 Å². The topological polar surface area (TPSA) is 12.5 Å². The number of hydrogen-bond acceptors (Lipinski definition) is 2. The Labute approximate surface area is 131 Å². The Hall–Kier alpha value is -1.67. The summed E-state index contributed by atoms with van der Waals surface area (Å²) in [5.74, 6) is 0.968. The highest BCUT2D eigenvalue weighted by molar-refractivity contribution is 6.32. The van der Waals surface area contributed by atoms with Crippen LogP contribution in [0.15, 0.2) is 24.3 Å². The molecule has 0 saturated carbocycles. The largest absolute Gasteiger partial charge is 0.473 e. The number of fused-ring (bicyclic) bond motifs is 1. The Morgan fingerprint density at radius 1 is 1.05 bits per heavy atom. The van der Waals surface area contributed by atoms with Crippen LogP contribution in [-0.4, -0.2) is 6.73 Å². The molecule has 21 heavy (non-hydrogen) atoms. The average Bonchev–Trinajstić information content (AvgIpc) is 2.48. The van der Waals surface area contributed by atoms with E-state index in [-0.39, 0.29) is 0 Å². The molecule has 0 N–H and O–H groups in total. The highest BCUT2D eigenvalue weighted by atomic mass is 35.5. The van der Waals surface area contributed by atoms with E-state index in [1.165, 1.54) is 22.4 Å². The first-order valence-corrected chi connectivity index (χ1v) is 7.59. The van der Waals surface area contributed by atoms with E-state index in [9.17, 15) is 0 Å². The first-order valence-electron chi connectivity index (χ1n) is 7.21. The first-order chi connectivity index (χ1) is 9.99. The van der Waals surface area contributed by atoms with E-state index < -0.39 is 0 Å². The van der Waals surface area contributed by atoms with Crippen molar-refractivity contribution in [2.45, 2.75) is 34.2 Å². The van der Waals surface area contributed by atoms with Crippen LogP contribution in [-0.2, 0) is 6.54 Å². The molecule has 0 spiro atoms. The van der Waals surface area contributed by atoms with E-state index in [0.717, 1.165) is 28.4 Å². The molecular formula is C18H20ClNO. The predicted octanol–water partition coefficient (Wildman–Crippen LogP) is 4.93. The smallest absolute Gasteiger partial charge is 0.161 e. The molecule has 0 saturated heterocycles. The summed E-state index contributed by atoms with van der Waals surface area (Å²) in [7, 11) is 0. The van der Waals surface area contributed by atoms with E-state index in [1.807, 2.05) is 13.0 Å². The number of benzene rings is 2. The third-order valence-corrected chi connectivity index (χ3v) is 5.00. The van der Waals surface area contributed by atoms with Gasteiger partial charge in [0, 0.05) is 16.3 Å². The lowest BCUT2D eigenvalue weighted by Crippen LogP contribution is -2.33. The normalized spacial score (nSPS) is 13.9. The van der Waals surface area contributed by atoms with Crippen LogP contribution in [0.1, 0.15) is 27.8 Å². The van der Waals surface area contributed by atoms with Crippen molar-refractivity contribution in [2.24, 2.45) is 0 Å². The number of halogens is 1. The second-order valence-electron chi connectivity index (χ2n) is 5.80. The number of hydrogen-bond donors (Lipinski definition) is 0. The van der Waals surface area contributed by atoms with Crippen molar-refractivity contribution in [3.8, 4) is 5.75 Å². The van der Waals surface area contributed by atoms with Crippen LogP contribution < -0.4 is 9.64 Å². The maximum Gasteiger partial charge on any atom is 0.161 e. The maximum atomic E-state index is 6.39. The minimum absolute atomic E-state index is 0.581. The van der Waals surface area contributed by atoms with Crippen molar-refractivity contribution in [1.29, 1.82) is 0 Å². The Morgan fingerprint density at radius 2 is 1.81 bits per heavy atom. The van der Waals surface area contributed by atoms with Gasteiger partial charge in [0.15, 0.2) is 6.73 Å². The third-order valence-electron chi connectivity index (χ3n) is 4.41. The lowest BCUT2D eigenvalue weighted by atomic mass is 10.0. The van der Waals surface area contributed by atoms with Gasteiger partial charge in [-0.2, -0.15) is 0 Å². The standard InChI is InChI=1S/C18H20ClNO/c1-11-6-5-7-16(13(11)3)20-9-15-14(4)18(19)12(2)8-17(15)21-10-20/h5-8H,9-10H2,1-4H3. The van der Waals surface area contributed by atoms with Crippen LogP contribution in [0.3, 0.4) is 0 Å². The molecule has 0 aromatic heterocycles. The zero-order chi connectivity index (χ0) is 15.1. The summed E-state index contributed by atoms with van der Waals surface area (Å²) in [6.07, 6.45) is 0. The zero-order valence-electron chi connectivity index (χ0n) is 13.0. The molecule has 1 aliphatic heterocycles. The molecule has 2 aromatic rings. The van der Waals surface area contributed by atoms with Crippen molar-refractivity contribution in [2.75, 3.05) is 11.6 Å². The van der Waals surface area contributed by atoms with Crippen molar-refractivity contribution in [1.82, 2.24) is 0 Å². The van der Waals surface area contributed by atoms with Gasteiger partial charge in [0.05, 0.1) is 6.54 Å². The SMILES string of the molecule is Cc1cccc(N2COc3cc(C)c(Cl)c(C)c3C2)c1C.